The smallest absolute Gasteiger partial charge is 0.130 e. The molecule has 2 aliphatic heterocycles. The van der Waals surface area contributed by atoms with Crippen LogP contribution in [0.3, 0.4) is 0 Å². The van der Waals surface area contributed by atoms with E-state index in [0.29, 0.717) is 0 Å². The molecule has 0 N–H and O–H groups in total. The Balaban J connectivity index is 1.73. The molecule has 4 heteroatoms. The topological polar surface area (TPSA) is 24.9 Å². The van der Waals surface area contributed by atoms with Gasteiger partial charge in [-0.05, 0) is 63.8 Å². The van der Waals surface area contributed by atoms with Crippen molar-refractivity contribution in [3.8, 4) is 0 Å². The van der Waals surface area contributed by atoms with Crippen LogP contribution in [-0.2, 0) is 9.47 Å². The number of ether oxygens (including phenoxy) is 2. The summed E-state index contributed by atoms with van der Waals surface area (Å²) in [6, 6.07) is 8.88. The molecule has 122 valence electrons. The average Bonchev–Trinajstić information content (AvgIpc) is 3.24. The van der Waals surface area contributed by atoms with Gasteiger partial charge >= 0.3 is 0 Å². The fraction of sp³-hybridized carbons (Fsp3) is 0.667. The van der Waals surface area contributed by atoms with Gasteiger partial charge in [-0.15, -0.1) is 0 Å². The molecule has 0 aromatic heterocycles. The highest BCUT2D eigenvalue weighted by Crippen LogP contribution is 2.28. The quantitative estimate of drug-likeness (QED) is 0.801. The fourth-order valence-electron chi connectivity index (χ4n) is 3.55. The van der Waals surface area contributed by atoms with Gasteiger partial charge in [0.05, 0.1) is 0 Å². The van der Waals surface area contributed by atoms with Crippen molar-refractivity contribution in [2.45, 2.75) is 52.0 Å². The van der Waals surface area contributed by atoms with Gasteiger partial charge < -0.3 is 19.3 Å². The summed E-state index contributed by atoms with van der Waals surface area (Å²) in [4.78, 5) is 4.72. The van der Waals surface area contributed by atoms with Gasteiger partial charge in [-0.1, -0.05) is 0 Å². The molecule has 0 radical (unpaired) electrons. The van der Waals surface area contributed by atoms with Gasteiger partial charge in [-0.25, -0.2) is 0 Å². The van der Waals surface area contributed by atoms with Gasteiger partial charge in [-0.2, -0.15) is 0 Å². The first-order valence-electron chi connectivity index (χ1n) is 8.70. The lowest BCUT2D eigenvalue weighted by Crippen LogP contribution is -2.35. The summed E-state index contributed by atoms with van der Waals surface area (Å²) in [5.41, 5.74) is 2.50. The maximum Gasteiger partial charge on any atom is 0.130 e. The minimum Gasteiger partial charge on any atom is -0.358 e. The van der Waals surface area contributed by atoms with Crippen molar-refractivity contribution < 1.29 is 9.47 Å². The van der Waals surface area contributed by atoms with Crippen LogP contribution >= 0.6 is 0 Å². The van der Waals surface area contributed by atoms with E-state index in [1.54, 1.807) is 0 Å². The Bertz CT molecular complexity index is 408. The minimum atomic E-state index is 0.247. The highest BCUT2D eigenvalue weighted by atomic mass is 16.5. The maximum absolute atomic E-state index is 5.84. The van der Waals surface area contributed by atoms with E-state index in [9.17, 15) is 0 Å². The second kappa shape index (κ2) is 7.34. The first-order valence-corrected chi connectivity index (χ1v) is 8.70. The monoisotopic (exact) mass is 304 g/mol. The molecule has 1 aromatic carbocycles. The Morgan fingerprint density at radius 1 is 0.818 bits per heavy atom. The molecule has 2 heterocycles. The predicted molar refractivity (Wildman–Crippen MR) is 90.4 cm³/mol. The third-order valence-corrected chi connectivity index (χ3v) is 4.70. The molecule has 2 unspecified atom stereocenters. The fourth-order valence-corrected chi connectivity index (χ4v) is 3.55. The van der Waals surface area contributed by atoms with Crippen LogP contribution in [0.1, 0.15) is 39.5 Å². The summed E-state index contributed by atoms with van der Waals surface area (Å²) in [6.07, 6.45) is 5.09. The summed E-state index contributed by atoms with van der Waals surface area (Å²) in [7, 11) is 0. The van der Waals surface area contributed by atoms with Crippen molar-refractivity contribution >= 4 is 11.4 Å². The highest BCUT2D eigenvalue weighted by Gasteiger charge is 2.24. The largest absolute Gasteiger partial charge is 0.358 e. The molecule has 3 rings (SSSR count). The zero-order chi connectivity index (χ0) is 15.4. The van der Waals surface area contributed by atoms with E-state index in [1.807, 2.05) is 0 Å². The van der Waals surface area contributed by atoms with E-state index >= 15 is 0 Å². The zero-order valence-electron chi connectivity index (χ0n) is 13.8. The summed E-state index contributed by atoms with van der Waals surface area (Å²) >= 11 is 0. The third-order valence-electron chi connectivity index (χ3n) is 4.70. The number of anilines is 2. The van der Waals surface area contributed by atoms with Crippen molar-refractivity contribution in [2.75, 3.05) is 36.1 Å². The van der Waals surface area contributed by atoms with Gasteiger partial charge in [-0.3, -0.25) is 0 Å². The van der Waals surface area contributed by atoms with E-state index < -0.39 is 0 Å². The molecule has 0 amide bonds. The summed E-state index contributed by atoms with van der Waals surface area (Å²) < 4.78 is 11.7. The SMILES string of the molecule is CCN(c1ccc(N(CC)C2CCCO2)cc1)C1CCCO1. The van der Waals surface area contributed by atoms with Crippen LogP contribution in [0.15, 0.2) is 24.3 Å². The van der Waals surface area contributed by atoms with Gasteiger partial charge in [0.15, 0.2) is 0 Å². The first-order chi connectivity index (χ1) is 10.8. The molecule has 0 bridgehead atoms. The molecular weight excluding hydrogens is 276 g/mol. The van der Waals surface area contributed by atoms with Crippen LogP contribution in [0, 0.1) is 0 Å². The minimum absolute atomic E-state index is 0.247. The van der Waals surface area contributed by atoms with Gasteiger partial charge in [0, 0.05) is 37.7 Å². The van der Waals surface area contributed by atoms with Crippen molar-refractivity contribution in [1.29, 1.82) is 0 Å². The molecule has 2 saturated heterocycles. The van der Waals surface area contributed by atoms with E-state index in [2.05, 4.69) is 47.9 Å². The Morgan fingerprint density at radius 2 is 1.23 bits per heavy atom. The zero-order valence-corrected chi connectivity index (χ0v) is 13.8. The van der Waals surface area contributed by atoms with Crippen LogP contribution in [-0.4, -0.2) is 38.8 Å². The lowest BCUT2D eigenvalue weighted by molar-refractivity contribution is 0.108. The summed E-state index contributed by atoms with van der Waals surface area (Å²) in [5.74, 6) is 0. The summed E-state index contributed by atoms with van der Waals surface area (Å²) in [5, 5.41) is 0. The van der Waals surface area contributed by atoms with Gasteiger partial charge in [0.1, 0.15) is 12.5 Å². The van der Waals surface area contributed by atoms with Crippen LogP contribution < -0.4 is 9.80 Å². The molecule has 0 spiro atoms. The van der Waals surface area contributed by atoms with Gasteiger partial charge in [0.25, 0.3) is 0 Å². The lowest BCUT2D eigenvalue weighted by Gasteiger charge is -2.31. The average molecular weight is 304 g/mol. The van der Waals surface area contributed by atoms with Crippen molar-refractivity contribution in [2.24, 2.45) is 0 Å². The van der Waals surface area contributed by atoms with E-state index in [0.717, 1.165) is 39.1 Å². The summed E-state index contributed by atoms with van der Waals surface area (Å²) in [6.45, 7) is 8.13. The van der Waals surface area contributed by atoms with Crippen molar-refractivity contribution in [3.63, 3.8) is 0 Å². The molecule has 2 atom stereocenters. The maximum atomic E-state index is 5.84. The highest BCUT2D eigenvalue weighted by molar-refractivity contribution is 5.57. The Morgan fingerprint density at radius 3 is 1.50 bits per heavy atom. The van der Waals surface area contributed by atoms with Crippen LogP contribution in [0.2, 0.25) is 0 Å². The predicted octanol–water partition coefficient (Wildman–Crippen LogP) is 3.61. The number of rotatable bonds is 6. The third kappa shape index (κ3) is 3.23. The second-order valence-corrected chi connectivity index (χ2v) is 6.02. The molecule has 0 saturated carbocycles. The molecule has 2 aliphatic rings. The van der Waals surface area contributed by atoms with Crippen LogP contribution in [0.25, 0.3) is 0 Å². The van der Waals surface area contributed by atoms with Crippen molar-refractivity contribution in [3.05, 3.63) is 24.3 Å². The second-order valence-electron chi connectivity index (χ2n) is 6.02. The van der Waals surface area contributed by atoms with E-state index in [1.165, 1.54) is 24.2 Å². The van der Waals surface area contributed by atoms with E-state index in [-0.39, 0.29) is 12.5 Å². The molecule has 22 heavy (non-hydrogen) atoms. The van der Waals surface area contributed by atoms with Crippen LogP contribution in [0.4, 0.5) is 11.4 Å². The molecule has 2 fully saturated rings. The molecule has 4 nitrogen and oxygen atoms in total. The molecule has 1 aromatic rings. The molecular formula is C18H28N2O2. The number of hydrogen-bond acceptors (Lipinski definition) is 4. The number of benzene rings is 1. The Hall–Kier alpha value is -1.26. The van der Waals surface area contributed by atoms with E-state index in [4.69, 9.17) is 9.47 Å². The first kappa shape index (κ1) is 15.6. The molecule has 0 aliphatic carbocycles. The van der Waals surface area contributed by atoms with Crippen LogP contribution in [0.5, 0.6) is 0 Å². The number of nitrogens with zero attached hydrogens (tertiary/aromatic N) is 2. The number of hydrogen-bond donors (Lipinski definition) is 0. The lowest BCUT2D eigenvalue weighted by atomic mass is 10.2. The standard InChI is InChI=1S/C18H28N2O2/c1-3-19(17-7-5-13-21-17)15-9-11-16(12-10-15)20(4-2)18-8-6-14-22-18/h9-12,17-18H,3-8,13-14H2,1-2H3. The van der Waals surface area contributed by atoms with Crippen molar-refractivity contribution in [1.82, 2.24) is 0 Å². The Kier molecular flexibility index (Phi) is 5.21. The van der Waals surface area contributed by atoms with Gasteiger partial charge in [0.2, 0.25) is 0 Å². The normalized spacial score (nSPS) is 24.6. The Labute approximate surface area is 134 Å².